The van der Waals surface area contributed by atoms with E-state index >= 15 is 0 Å². The first-order valence-electron chi connectivity index (χ1n) is 7.26. The highest BCUT2D eigenvalue weighted by Gasteiger charge is 2.44. The second-order valence-corrected chi connectivity index (χ2v) is 7.60. The monoisotopic (exact) mass is 285 g/mol. The standard InChI is InChI=1S/C14H23NO3S/c1-2-3-4-5-6-7-11-10-13(11)14(16)15-19(17,18)12-8-9-12/h6-7,11-13H,2-5,8-10H2,1H3,(H,15,16). The lowest BCUT2D eigenvalue weighted by atomic mass is 10.2. The van der Waals surface area contributed by atoms with Gasteiger partial charge in [0.1, 0.15) is 0 Å². The van der Waals surface area contributed by atoms with Crippen molar-refractivity contribution in [2.45, 2.75) is 57.1 Å². The van der Waals surface area contributed by atoms with Gasteiger partial charge in [-0.1, -0.05) is 31.9 Å². The Kier molecular flexibility index (Phi) is 4.66. The fourth-order valence-electron chi connectivity index (χ4n) is 2.19. The summed E-state index contributed by atoms with van der Waals surface area (Å²) in [6, 6.07) is 0. The number of nitrogens with one attached hydrogen (secondary N) is 1. The van der Waals surface area contributed by atoms with E-state index in [0.717, 1.165) is 12.8 Å². The molecule has 0 aromatic carbocycles. The van der Waals surface area contributed by atoms with Crippen LogP contribution in [0.3, 0.4) is 0 Å². The lowest BCUT2D eigenvalue weighted by molar-refractivity contribution is -0.120. The van der Waals surface area contributed by atoms with Gasteiger partial charge < -0.3 is 0 Å². The molecule has 0 aliphatic heterocycles. The summed E-state index contributed by atoms with van der Waals surface area (Å²) in [7, 11) is -3.37. The minimum absolute atomic E-state index is 0.129. The van der Waals surface area contributed by atoms with Crippen LogP contribution in [0.5, 0.6) is 0 Å². The van der Waals surface area contributed by atoms with Gasteiger partial charge in [-0.05, 0) is 38.0 Å². The first-order chi connectivity index (χ1) is 9.04. The molecule has 108 valence electrons. The normalized spacial score (nSPS) is 26.6. The lowest BCUT2D eigenvalue weighted by Crippen LogP contribution is -2.34. The SMILES string of the molecule is CCCCCC=CC1CC1C(=O)NS(=O)(=O)C1CC1. The molecule has 0 spiro atoms. The lowest BCUT2D eigenvalue weighted by Gasteiger charge is -2.04. The van der Waals surface area contributed by atoms with E-state index in [2.05, 4.69) is 23.8 Å². The van der Waals surface area contributed by atoms with Crippen LogP contribution in [0, 0.1) is 11.8 Å². The molecule has 0 aromatic heterocycles. The van der Waals surface area contributed by atoms with E-state index in [0.29, 0.717) is 12.8 Å². The van der Waals surface area contributed by atoms with Gasteiger partial charge in [-0.15, -0.1) is 0 Å². The predicted octanol–water partition coefficient (Wildman–Crippen LogP) is 2.37. The molecule has 2 saturated carbocycles. The van der Waals surface area contributed by atoms with Gasteiger partial charge in [0.15, 0.2) is 0 Å². The maximum atomic E-state index is 11.8. The van der Waals surface area contributed by atoms with E-state index in [1.807, 2.05) is 0 Å². The Morgan fingerprint density at radius 1 is 1.32 bits per heavy atom. The molecule has 0 aromatic rings. The zero-order valence-electron chi connectivity index (χ0n) is 11.5. The molecule has 4 nitrogen and oxygen atoms in total. The van der Waals surface area contributed by atoms with Crippen molar-refractivity contribution in [2.75, 3.05) is 0 Å². The minimum Gasteiger partial charge on any atom is -0.274 e. The number of carbonyl (C=O) groups is 1. The average Bonchev–Trinajstić information content (AvgIpc) is 3.21. The molecule has 2 aliphatic rings. The molecule has 5 heteroatoms. The third-order valence-corrected chi connectivity index (χ3v) is 5.58. The zero-order chi connectivity index (χ0) is 13.9. The van der Waals surface area contributed by atoms with E-state index in [1.165, 1.54) is 19.3 Å². The molecule has 0 radical (unpaired) electrons. The van der Waals surface area contributed by atoms with Crippen LogP contribution >= 0.6 is 0 Å². The second kappa shape index (κ2) is 6.07. The van der Waals surface area contributed by atoms with E-state index < -0.39 is 10.0 Å². The molecule has 0 saturated heterocycles. The van der Waals surface area contributed by atoms with Gasteiger partial charge >= 0.3 is 0 Å². The summed E-state index contributed by atoms with van der Waals surface area (Å²) in [6.45, 7) is 2.17. The largest absolute Gasteiger partial charge is 0.274 e. The Morgan fingerprint density at radius 3 is 2.68 bits per heavy atom. The highest BCUT2D eigenvalue weighted by molar-refractivity contribution is 7.90. The molecule has 2 unspecified atom stereocenters. The minimum atomic E-state index is -3.37. The Balaban J connectivity index is 1.69. The molecule has 0 bridgehead atoms. The summed E-state index contributed by atoms with van der Waals surface area (Å²) in [5.41, 5.74) is 0. The van der Waals surface area contributed by atoms with Gasteiger partial charge in [0.2, 0.25) is 15.9 Å². The van der Waals surface area contributed by atoms with Crippen molar-refractivity contribution < 1.29 is 13.2 Å². The smallest absolute Gasteiger partial charge is 0.237 e. The Morgan fingerprint density at radius 2 is 2.05 bits per heavy atom. The van der Waals surface area contributed by atoms with Crippen molar-refractivity contribution in [3.8, 4) is 0 Å². The van der Waals surface area contributed by atoms with Gasteiger partial charge in [0.25, 0.3) is 0 Å². The van der Waals surface area contributed by atoms with Gasteiger partial charge in [-0.25, -0.2) is 8.42 Å². The van der Waals surface area contributed by atoms with Crippen LogP contribution in [0.2, 0.25) is 0 Å². The summed E-state index contributed by atoms with van der Waals surface area (Å²) in [5.74, 6) is -0.193. The van der Waals surface area contributed by atoms with E-state index in [4.69, 9.17) is 0 Å². The van der Waals surface area contributed by atoms with Crippen molar-refractivity contribution >= 4 is 15.9 Å². The van der Waals surface area contributed by atoms with Crippen molar-refractivity contribution in [3.05, 3.63) is 12.2 Å². The second-order valence-electron chi connectivity index (χ2n) is 5.64. The fourth-order valence-corrected chi connectivity index (χ4v) is 3.54. The van der Waals surface area contributed by atoms with Crippen LogP contribution in [-0.4, -0.2) is 19.6 Å². The summed E-state index contributed by atoms with van der Waals surface area (Å²) < 4.78 is 25.5. The summed E-state index contributed by atoms with van der Waals surface area (Å²) in [4.78, 5) is 11.8. The molecule has 1 amide bonds. The highest BCUT2D eigenvalue weighted by Crippen LogP contribution is 2.40. The third kappa shape index (κ3) is 4.34. The maximum Gasteiger partial charge on any atom is 0.237 e. The average molecular weight is 285 g/mol. The van der Waals surface area contributed by atoms with Crippen LogP contribution in [0.25, 0.3) is 0 Å². The van der Waals surface area contributed by atoms with Gasteiger partial charge in [0, 0.05) is 5.92 Å². The van der Waals surface area contributed by atoms with Gasteiger partial charge in [0.05, 0.1) is 5.25 Å². The number of sulfonamides is 1. The molecule has 19 heavy (non-hydrogen) atoms. The van der Waals surface area contributed by atoms with E-state index in [1.54, 1.807) is 0 Å². The molecule has 0 heterocycles. The number of rotatable bonds is 8. The first-order valence-corrected chi connectivity index (χ1v) is 8.81. The van der Waals surface area contributed by atoms with Crippen molar-refractivity contribution in [3.63, 3.8) is 0 Å². The van der Waals surface area contributed by atoms with Crippen LogP contribution in [0.15, 0.2) is 12.2 Å². The van der Waals surface area contributed by atoms with Crippen LogP contribution in [0.1, 0.15) is 51.9 Å². The number of hydrogen-bond acceptors (Lipinski definition) is 3. The van der Waals surface area contributed by atoms with Crippen LogP contribution in [-0.2, 0) is 14.8 Å². The highest BCUT2D eigenvalue weighted by atomic mass is 32.2. The van der Waals surface area contributed by atoms with E-state index in [9.17, 15) is 13.2 Å². The quantitative estimate of drug-likeness (QED) is 0.550. The zero-order valence-corrected chi connectivity index (χ0v) is 12.3. The Bertz CT molecular complexity index is 451. The Labute approximate surface area is 115 Å². The molecule has 2 fully saturated rings. The Hall–Kier alpha value is -0.840. The van der Waals surface area contributed by atoms with Gasteiger partial charge in [-0.2, -0.15) is 0 Å². The molecule has 2 aliphatic carbocycles. The molecular formula is C14H23NO3S. The fraction of sp³-hybridized carbons (Fsp3) is 0.786. The maximum absolute atomic E-state index is 11.8. The van der Waals surface area contributed by atoms with Gasteiger partial charge in [-0.3, -0.25) is 9.52 Å². The topological polar surface area (TPSA) is 63.2 Å². The molecular weight excluding hydrogens is 262 g/mol. The summed E-state index contributed by atoms with van der Waals surface area (Å²) in [5, 5.41) is -0.321. The molecule has 2 atom stereocenters. The third-order valence-electron chi connectivity index (χ3n) is 3.74. The first kappa shape index (κ1) is 14.6. The van der Waals surface area contributed by atoms with Crippen LogP contribution < -0.4 is 4.72 Å². The van der Waals surface area contributed by atoms with Crippen molar-refractivity contribution in [1.82, 2.24) is 4.72 Å². The number of unbranched alkanes of at least 4 members (excludes halogenated alkanes) is 3. The predicted molar refractivity (Wildman–Crippen MR) is 75.0 cm³/mol. The molecule has 1 N–H and O–H groups in total. The number of hydrogen-bond donors (Lipinski definition) is 1. The summed E-state index contributed by atoms with van der Waals surface area (Å²) >= 11 is 0. The summed E-state index contributed by atoms with van der Waals surface area (Å²) in [6.07, 6.45) is 11.1. The van der Waals surface area contributed by atoms with Crippen LogP contribution in [0.4, 0.5) is 0 Å². The number of amides is 1. The van der Waals surface area contributed by atoms with E-state index in [-0.39, 0.29) is 23.0 Å². The molecule has 2 rings (SSSR count). The van der Waals surface area contributed by atoms with Crippen molar-refractivity contribution in [1.29, 1.82) is 0 Å². The number of allylic oxidation sites excluding steroid dienone is 2. The number of carbonyl (C=O) groups excluding carboxylic acids is 1. The van der Waals surface area contributed by atoms with Crippen molar-refractivity contribution in [2.24, 2.45) is 11.8 Å².